The van der Waals surface area contributed by atoms with Crippen molar-refractivity contribution in [1.29, 1.82) is 0 Å². The standard InChI is InChI=1S/C11H13NOS2/c13-6-5-12-11(9-3-1-7-14-9)10-4-2-8-15-10/h1-4,7-8,11-13H,5-6H2. The monoisotopic (exact) mass is 239 g/mol. The van der Waals surface area contributed by atoms with Gasteiger partial charge in [-0.15, -0.1) is 22.7 Å². The Labute approximate surface area is 97.2 Å². The fourth-order valence-electron chi connectivity index (χ4n) is 1.46. The molecule has 0 aromatic carbocycles. The first kappa shape index (κ1) is 10.8. The van der Waals surface area contributed by atoms with Crippen molar-refractivity contribution in [3.63, 3.8) is 0 Å². The first-order chi connectivity index (χ1) is 7.42. The molecule has 0 unspecified atom stereocenters. The molecule has 0 saturated carbocycles. The Morgan fingerprint density at radius 2 is 1.73 bits per heavy atom. The zero-order chi connectivity index (χ0) is 10.5. The van der Waals surface area contributed by atoms with E-state index in [2.05, 4.69) is 40.3 Å². The van der Waals surface area contributed by atoms with Crippen LogP contribution in [0.4, 0.5) is 0 Å². The average molecular weight is 239 g/mol. The molecule has 0 amide bonds. The summed E-state index contributed by atoms with van der Waals surface area (Å²) in [6.07, 6.45) is 0. The molecule has 0 atom stereocenters. The molecular formula is C11H13NOS2. The Bertz CT molecular complexity index is 335. The van der Waals surface area contributed by atoms with Crippen molar-refractivity contribution < 1.29 is 5.11 Å². The Morgan fingerprint density at radius 3 is 2.13 bits per heavy atom. The van der Waals surface area contributed by atoms with Crippen LogP contribution in [0.5, 0.6) is 0 Å². The maximum atomic E-state index is 8.85. The van der Waals surface area contributed by atoms with Crippen molar-refractivity contribution in [1.82, 2.24) is 5.32 Å². The molecule has 0 spiro atoms. The molecule has 0 radical (unpaired) electrons. The number of nitrogens with one attached hydrogen (secondary N) is 1. The van der Waals surface area contributed by atoms with Crippen molar-refractivity contribution in [2.45, 2.75) is 6.04 Å². The third-order valence-electron chi connectivity index (χ3n) is 2.12. The number of rotatable bonds is 5. The van der Waals surface area contributed by atoms with Gasteiger partial charge in [-0.1, -0.05) is 12.1 Å². The minimum Gasteiger partial charge on any atom is -0.395 e. The molecule has 15 heavy (non-hydrogen) atoms. The average Bonchev–Trinajstić information content (AvgIpc) is 2.90. The zero-order valence-electron chi connectivity index (χ0n) is 8.22. The number of aliphatic hydroxyl groups is 1. The van der Waals surface area contributed by atoms with Crippen LogP contribution in [0.2, 0.25) is 0 Å². The number of hydrogen-bond donors (Lipinski definition) is 2. The molecule has 4 heteroatoms. The normalized spacial score (nSPS) is 11.1. The maximum absolute atomic E-state index is 8.85. The van der Waals surface area contributed by atoms with Crippen molar-refractivity contribution in [3.05, 3.63) is 44.8 Å². The predicted molar refractivity (Wildman–Crippen MR) is 65.6 cm³/mol. The van der Waals surface area contributed by atoms with Gasteiger partial charge in [0.25, 0.3) is 0 Å². The van der Waals surface area contributed by atoms with Crippen LogP contribution in [0, 0.1) is 0 Å². The zero-order valence-corrected chi connectivity index (χ0v) is 9.85. The minimum absolute atomic E-state index is 0.174. The quantitative estimate of drug-likeness (QED) is 0.840. The summed E-state index contributed by atoms with van der Waals surface area (Å²) >= 11 is 3.48. The summed E-state index contributed by atoms with van der Waals surface area (Å²) in [6, 6.07) is 8.60. The van der Waals surface area contributed by atoms with Gasteiger partial charge < -0.3 is 10.4 Å². The van der Waals surface area contributed by atoms with E-state index in [9.17, 15) is 0 Å². The predicted octanol–water partition coefficient (Wildman–Crippen LogP) is 2.48. The lowest BCUT2D eigenvalue weighted by Crippen LogP contribution is -2.23. The van der Waals surface area contributed by atoms with E-state index < -0.39 is 0 Å². The lowest BCUT2D eigenvalue weighted by molar-refractivity contribution is 0.288. The molecule has 80 valence electrons. The molecular weight excluding hydrogens is 226 g/mol. The van der Waals surface area contributed by atoms with E-state index >= 15 is 0 Å². The Hall–Kier alpha value is -0.680. The summed E-state index contributed by atoms with van der Waals surface area (Å²) in [4.78, 5) is 2.59. The highest BCUT2D eigenvalue weighted by Gasteiger charge is 2.14. The topological polar surface area (TPSA) is 32.3 Å². The van der Waals surface area contributed by atoms with E-state index in [1.54, 1.807) is 22.7 Å². The highest BCUT2D eigenvalue weighted by atomic mass is 32.1. The Kier molecular flexibility index (Phi) is 3.91. The SMILES string of the molecule is OCCNC(c1cccs1)c1cccs1. The summed E-state index contributed by atoms with van der Waals surface area (Å²) in [5, 5.41) is 16.4. The van der Waals surface area contributed by atoms with Gasteiger partial charge in [0.05, 0.1) is 12.6 Å². The molecule has 0 bridgehead atoms. The second-order valence-electron chi connectivity index (χ2n) is 3.14. The van der Waals surface area contributed by atoms with E-state index in [-0.39, 0.29) is 12.6 Å². The van der Waals surface area contributed by atoms with Gasteiger partial charge in [-0.2, -0.15) is 0 Å². The minimum atomic E-state index is 0.174. The van der Waals surface area contributed by atoms with Crippen LogP contribution in [0.3, 0.4) is 0 Å². The first-order valence-electron chi connectivity index (χ1n) is 4.83. The van der Waals surface area contributed by atoms with E-state index in [0.717, 1.165) is 0 Å². The van der Waals surface area contributed by atoms with Gasteiger partial charge in [0, 0.05) is 16.3 Å². The van der Waals surface area contributed by atoms with Gasteiger partial charge in [0.1, 0.15) is 0 Å². The van der Waals surface area contributed by atoms with Crippen LogP contribution in [0.25, 0.3) is 0 Å². The lowest BCUT2D eigenvalue weighted by atomic mass is 10.2. The summed E-state index contributed by atoms with van der Waals surface area (Å²) in [5.74, 6) is 0. The highest BCUT2D eigenvalue weighted by Crippen LogP contribution is 2.28. The van der Waals surface area contributed by atoms with E-state index in [4.69, 9.17) is 5.11 Å². The van der Waals surface area contributed by atoms with Crippen LogP contribution in [-0.4, -0.2) is 18.3 Å². The summed E-state index contributed by atoms with van der Waals surface area (Å²) in [6.45, 7) is 0.799. The van der Waals surface area contributed by atoms with Gasteiger partial charge in [0.15, 0.2) is 0 Å². The van der Waals surface area contributed by atoms with Crippen molar-refractivity contribution in [2.24, 2.45) is 0 Å². The van der Waals surface area contributed by atoms with Crippen LogP contribution in [-0.2, 0) is 0 Å². The van der Waals surface area contributed by atoms with Gasteiger partial charge in [0.2, 0.25) is 0 Å². The molecule has 2 heterocycles. The number of hydrogen-bond acceptors (Lipinski definition) is 4. The second-order valence-corrected chi connectivity index (χ2v) is 5.10. The van der Waals surface area contributed by atoms with Crippen molar-refractivity contribution in [2.75, 3.05) is 13.2 Å². The van der Waals surface area contributed by atoms with Crippen molar-refractivity contribution in [3.8, 4) is 0 Å². The Balaban J connectivity index is 2.17. The van der Waals surface area contributed by atoms with E-state index in [1.807, 2.05) is 0 Å². The third kappa shape index (κ3) is 2.66. The van der Waals surface area contributed by atoms with Gasteiger partial charge >= 0.3 is 0 Å². The summed E-state index contributed by atoms with van der Waals surface area (Å²) < 4.78 is 0. The third-order valence-corrected chi connectivity index (χ3v) is 3.99. The number of thiophene rings is 2. The van der Waals surface area contributed by atoms with Crippen molar-refractivity contribution >= 4 is 22.7 Å². The molecule has 0 aliphatic heterocycles. The summed E-state index contributed by atoms with van der Waals surface area (Å²) in [5.41, 5.74) is 0. The van der Waals surface area contributed by atoms with Crippen LogP contribution < -0.4 is 5.32 Å². The molecule has 2 nitrogen and oxygen atoms in total. The highest BCUT2D eigenvalue weighted by molar-refractivity contribution is 7.11. The largest absolute Gasteiger partial charge is 0.395 e. The molecule has 2 aromatic rings. The number of aliphatic hydroxyl groups excluding tert-OH is 1. The molecule has 2 aromatic heterocycles. The fourth-order valence-corrected chi connectivity index (χ4v) is 3.17. The molecule has 0 aliphatic carbocycles. The van der Waals surface area contributed by atoms with Crippen LogP contribution >= 0.6 is 22.7 Å². The maximum Gasteiger partial charge on any atom is 0.0765 e. The molecule has 2 rings (SSSR count). The smallest absolute Gasteiger partial charge is 0.0765 e. The fraction of sp³-hybridized carbons (Fsp3) is 0.273. The summed E-state index contributed by atoms with van der Waals surface area (Å²) in [7, 11) is 0. The van der Waals surface area contributed by atoms with E-state index in [1.165, 1.54) is 9.75 Å². The van der Waals surface area contributed by atoms with Gasteiger partial charge in [-0.25, -0.2) is 0 Å². The molecule has 0 aliphatic rings. The molecule has 0 saturated heterocycles. The van der Waals surface area contributed by atoms with Crippen LogP contribution in [0.15, 0.2) is 35.0 Å². The van der Waals surface area contributed by atoms with Crippen LogP contribution in [0.1, 0.15) is 15.8 Å². The van der Waals surface area contributed by atoms with Gasteiger partial charge in [-0.3, -0.25) is 0 Å². The molecule has 0 fully saturated rings. The second kappa shape index (κ2) is 5.42. The first-order valence-corrected chi connectivity index (χ1v) is 6.59. The Morgan fingerprint density at radius 1 is 1.13 bits per heavy atom. The van der Waals surface area contributed by atoms with Gasteiger partial charge in [-0.05, 0) is 22.9 Å². The lowest BCUT2D eigenvalue weighted by Gasteiger charge is -2.14. The van der Waals surface area contributed by atoms with E-state index in [0.29, 0.717) is 6.54 Å². The molecule has 2 N–H and O–H groups in total.